The summed E-state index contributed by atoms with van der Waals surface area (Å²) in [4.78, 5) is 14.8. The van der Waals surface area contributed by atoms with E-state index in [1.807, 2.05) is 11.8 Å². The van der Waals surface area contributed by atoms with Gasteiger partial charge < -0.3 is 4.90 Å². The lowest BCUT2D eigenvalue weighted by Crippen LogP contribution is -2.36. The highest BCUT2D eigenvalue weighted by Crippen LogP contribution is 2.46. The van der Waals surface area contributed by atoms with E-state index in [4.69, 9.17) is 0 Å². The molecule has 1 aromatic carbocycles. The Morgan fingerprint density at radius 3 is 2.76 bits per heavy atom. The molecule has 1 saturated heterocycles. The summed E-state index contributed by atoms with van der Waals surface area (Å²) in [5.41, 5.74) is 3.50. The van der Waals surface area contributed by atoms with Gasteiger partial charge in [-0.15, -0.1) is 0 Å². The first-order valence-corrected chi connectivity index (χ1v) is 8.94. The van der Waals surface area contributed by atoms with E-state index in [1.54, 1.807) is 0 Å². The van der Waals surface area contributed by atoms with Crippen LogP contribution in [0.5, 0.6) is 0 Å². The number of hydrogen-bond acceptors (Lipinski definition) is 3. The van der Waals surface area contributed by atoms with Crippen molar-refractivity contribution in [3.63, 3.8) is 0 Å². The topological polar surface area (TPSA) is 32.3 Å². The molecule has 1 aliphatic heterocycles. The summed E-state index contributed by atoms with van der Waals surface area (Å²) in [7, 11) is 0. The van der Waals surface area contributed by atoms with Crippen molar-refractivity contribution < 1.29 is 4.79 Å². The zero-order valence-electron chi connectivity index (χ0n) is 13.3. The number of hydrogen-bond donors (Lipinski definition) is 1. The quantitative estimate of drug-likeness (QED) is 0.928. The molecule has 2 atom stereocenters. The van der Waals surface area contributed by atoms with Gasteiger partial charge in [0.1, 0.15) is 11.7 Å². The van der Waals surface area contributed by atoms with Gasteiger partial charge in [-0.05, 0) is 44.1 Å². The van der Waals surface area contributed by atoms with Crippen LogP contribution in [0, 0.1) is 13.8 Å². The lowest BCUT2D eigenvalue weighted by molar-refractivity contribution is -0.130. The van der Waals surface area contributed by atoms with Crippen LogP contribution in [0.1, 0.15) is 42.6 Å². The Morgan fingerprint density at radius 1 is 1.43 bits per heavy atom. The first kappa shape index (κ1) is 14.9. The van der Waals surface area contributed by atoms with E-state index in [9.17, 15) is 4.79 Å². The van der Waals surface area contributed by atoms with Crippen LogP contribution in [-0.4, -0.2) is 34.4 Å². The summed E-state index contributed by atoms with van der Waals surface area (Å²) in [6.45, 7) is 7.25. The van der Waals surface area contributed by atoms with Crippen molar-refractivity contribution in [2.24, 2.45) is 0 Å². The van der Waals surface area contributed by atoms with Crippen LogP contribution in [0.4, 0.5) is 0 Å². The second-order valence-corrected chi connectivity index (χ2v) is 7.77. The maximum absolute atomic E-state index is 12.8. The Morgan fingerprint density at radius 2 is 2.14 bits per heavy atom. The minimum Gasteiger partial charge on any atom is -0.320 e. The van der Waals surface area contributed by atoms with Crippen LogP contribution in [0.25, 0.3) is 0 Å². The molecule has 1 saturated carbocycles. The predicted molar refractivity (Wildman–Crippen MR) is 88.4 cm³/mol. The van der Waals surface area contributed by atoms with E-state index in [2.05, 4.69) is 55.4 Å². The first-order valence-electron chi connectivity index (χ1n) is 7.65. The van der Waals surface area contributed by atoms with Gasteiger partial charge in [0, 0.05) is 11.8 Å². The number of carbonyl (C=O) groups excluding carboxylic acids is 1. The van der Waals surface area contributed by atoms with Crippen molar-refractivity contribution in [1.82, 2.24) is 10.2 Å². The summed E-state index contributed by atoms with van der Waals surface area (Å²) in [6, 6.07) is 6.51. The lowest BCUT2D eigenvalue weighted by Gasteiger charge is -2.28. The van der Waals surface area contributed by atoms with E-state index in [0.29, 0.717) is 11.2 Å². The van der Waals surface area contributed by atoms with Crippen LogP contribution in [0.2, 0.25) is 0 Å². The molecule has 0 aromatic heterocycles. The number of benzene rings is 1. The average Bonchev–Trinajstić information content (AvgIpc) is 3.20. The molecule has 1 aliphatic carbocycles. The molecule has 114 valence electrons. The van der Waals surface area contributed by atoms with Crippen molar-refractivity contribution in [2.45, 2.75) is 50.6 Å². The van der Waals surface area contributed by atoms with Crippen molar-refractivity contribution in [2.75, 3.05) is 12.8 Å². The zero-order chi connectivity index (χ0) is 15.2. The van der Waals surface area contributed by atoms with Crippen LogP contribution < -0.4 is 5.32 Å². The van der Waals surface area contributed by atoms with Gasteiger partial charge in [0.25, 0.3) is 0 Å². The largest absolute Gasteiger partial charge is 0.320 e. The fourth-order valence-electron chi connectivity index (χ4n) is 3.12. The van der Waals surface area contributed by atoms with Crippen LogP contribution in [0.15, 0.2) is 18.2 Å². The molecule has 0 radical (unpaired) electrons. The predicted octanol–water partition coefficient (Wildman–Crippen LogP) is 3.02. The Bertz CT molecular complexity index is 568. The molecule has 3 nitrogen and oxygen atoms in total. The van der Waals surface area contributed by atoms with Gasteiger partial charge in [-0.25, -0.2) is 0 Å². The van der Waals surface area contributed by atoms with Gasteiger partial charge in [0.05, 0.1) is 0 Å². The number of carbonyl (C=O) groups is 1. The van der Waals surface area contributed by atoms with Crippen molar-refractivity contribution in [3.05, 3.63) is 34.9 Å². The van der Waals surface area contributed by atoms with E-state index in [-0.39, 0.29) is 11.7 Å². The van der Waals surface area contributed by atoms with Gasteiger partial charge in [-0.3, -0.25) is 10.1 Å². The number of nitrogens with one attached hydrogen (secondary N) is 1. The Kier molecular flexibility index (Phi) is 3.78. The second kappa shape index (κ2) is 5.33. The number of aryl methyl sites for hydroxylation is 2. The number of nitrogens with zero attached hydrogens (tertiary/aromatic N) is 1. The normalized spacial score (nSPS) is 24.7. The van der Waals surface area contributed by atoms with Crippen LogP contribution >= 0.6 is 11.8 Å². The Labute approximate surface area is 131 Å². The first-order chi connectivity index (χ1) is 9.97. The smallest absolute Gasteiger partial charge is 0.244 e. The SMILES string of the molecule is CSC(C)CN1C(=O)C2(CC2)NC1c1cc(C)ccc1C. The monoisotopic (exact) mass is 304 g/mol. The van der Waals surface area contributed by atoms with Gasteiger partial charge in [-0.2, -0.15) is 11.8 Å². The fraction of sp³-hybridized carbons (Fsp3) is 0.588. The van der Waals surface area contributed by atoms with Crippen molar-refractivity contribution in [1.29, 1.82) is 0 Å². The number of thioether (sulfide) groups is 1. The molecule has 4 heteroatoms. The minimum absolute atomic E-state index is 0.0366. The molecule has 0 bridgehead atoms. The third kappa shape index (κ3) is 2.59. The van der Waals surface area contributed by atoms with Gasteiger partial charge >= 0.3 is 0 Å². The molecule has 3 rings (SSSR count). The number of amides is 1. The molecule has 1 heterocycles. The molecule has 2 fully saturated rings. The highest BCUT2D eigenvalue weighted by Gasteiger charge is 2.59. The van der Waals surface area contributed by atoms with E-state index in [0.717, 1.165) is 19.4 Å². The molecular weight excluding hydrogens is 280 g/mol. The molecule has 1 aromatic rings. The molecule has 2 aliphatic rings. The summed E-state index contributed by atoms with van der Waals surface area (Å²) in [6.07, 6.45) is 4.11. The minimum atomic E-state index is -0.251. The maximum atomic E-state index is 12.8. The van der Waals surface area contributed by atoms with E-state index >= 15 is 0 Å². The zero-order valence-corrected chi connectivity index (χ0v) is 14.1. The molecule has 1 amide bonds. The van der Waals surface area contributed by atoms with Crippen molar-refractivity contribution >= 4 is 17.7 Å². The fourth-order valence-corrected chi connectivity index (χ4v) is 3.43. The standard InChI is InChI=1S/C17H24N2OS/c1-11-5-6-12(2)14(9-11)15-18-17(7-8-17)16(20)19(15)10-13(3)21-4/h5-6,9,13,15,18H,7-8,10H2,1-4H3. The third-order valence-corrected chi connectivity index (χ3v) is 5.68. The Balaban J connectivity index is 1.94. The van der Waals surface area contributed by atoms with Crippen LogP contribution in [-0.2, 0) is 4.79 Å². The molecular formula is C17H24N2OS. The van der Waals surface area contributed by atoms with Crippen molar-refractivity contribution in [3.8, 4) is 0 Å². The summed E-state index contributed by atoms with van der Waals surface area (Å²) < 4.78 is 0. The maximum Gasteiger partial charge on any atom is 0.244 e. The number of rotatable bonds is 4. The van der Waals surface area contributed by atoms with E-state index in [1.165, 1.54) is 16.7 Å². The summed E-state index contributed by atoms with van der Waals surface area (Å²) >= 11 is 1.82. The van der Waals surface area contributed by atoms with Gasteiger partial charge in [-0.1, -0.05) is 30.7 Å². The molecule has 21 heavy (non-hydrogen) atoms. The summed E-state index contributed by atoms with van der Waals surface area (Å²) in [5.74, 6) is 0.300. The summed E-state index contributed by atoms with van der Waals surface area (Å²) in [5, 5.41) is 4.08. The third-order valence-electron chi connectivity index (χ3n) is 4.73. The van der Waals surface area contributed by atoms with Gasteiger partial charge in [0.2, 0.25) is 5.91 Å². The molecule has 1 spiro atoms. The molecule has 1 N–H and O–H groups in total. The average molecular weight is 304 g/mol. The van der Waals surface area contributed by atoms with Crippen LogP contribution in [0.3, 0.4) is 0 Å². The molecule has 2 unspecified atom stereocenters. The highest BCUT2D eigenvalue weighted by molar-refractivity contribution is 7.99. The van der Waals surface area contributed by atoms with Gasteiger partial charge in [0.15, 0.2) is 0 Å². The van der Waals surface area contributed by atoms with E-state index < -0.39 is 0 Å². The Hall–Kier alpha value is -1.00. The second-order valence-electron chi connectivity index (χ2n) is 6.49. The highest BCUT2D eigenvalue weighted by atomic mass is 32.2. The lowest BCUT2D eigenvalue weighted by atomic mass is 10.0.